The number of hydrogen-bond acceptors (Lipinski definition) is 2. The molecular formula is C8H7Cl2N3. The van der Waals surface area contributed by atoms with E-state index in [-0.39, 0.29) is 0 Å². The van der Waals surface area contributed by atoms with Crippen molar-refractivity contribution >= 4 is 28.8 Å². The Bertz CT molecular complexity index is 476. The van der Waals surface area contributed by atoms with Gasteiger partial charge in [-0.25, -0.2) is 9.50 Å². The van der Waals surface area contributed by atoms with Crippen LogP contribution in [0.1, 0.15) is 11.4 Å². The SMILES string of the molecule is Cc1nc2cc(Cl)c(C)c(Cl)n2n1. The van der Waals surface area contributed by atoms with Crippen molar-refractivity contribution in [1.29, 1.82) is 0 Å². The Morgan fingerprint density at radius 2 is 2.00 bits per heavy atom. The number of nitrogens with zero attached hydrogens (tertiary/aromatic N) is 3. The van der Waals surface area contributed by atoms with Gasteiger partial charge in [0.05, 0.1) is 5.02 Å². The van der Waals surface area contributed by atoms with Crippen molar-refractivity contribution in [3.8, 4) is 0 Å². The average molecular weight is 216 g/mol. The van der Waals surface area contributed by atoms with Crippen LogP contribution in [0.3, 0.4) is 0 Å². The molecule has 68 valence electrons. The first-order valence-electron chi connectivity index (χ1n) is 3.77. The van der Waals surface area contributed by atoms with E-state index >= 15 is 0 Å². The lowest BCUT2D eigenvalue weighted by molar-refractivity contribution is 0.924. The van der Waals surface area contributed by atoms with Gasteiger partial charge in [-0.3, -0.25) is 0 Å². The largest absolute Gasteiger partial charge is 0.212 e. The fourth-order valence-corrected chi connectivity index (χ4v) is 1.61. The fourth-order valence-electron chi connectivity index (χ4n) is 1.15. The summed E-state index contributed by atoms with van der Waals surface area (Å²) in [6, 6.07) is 1.75. The molecule has 2 rings (SSSR count). The molecular weight excluding hydrogens is 209 g/mol. The van der Waals surface area contributed by atoms with E-state index in [2.05, 4.69) is 10.1 Å². The maximum Gasteiger partial charge on any atom is 0.158 e. The van der Waals surface area contributed by atoms with Crippen LogP contribution in [0.2, 0.25) is 10.2 Å². The topological polar surface area (TPSA) is 30.2 Å². The lowest BCUT2D eigenvalue weighted by atomic mass is 10.3. The van der Waals surface area contributed by atoms with Gasteiger partial charge in [0.2, 0.25) is 0 Å². The van der Waals surface area contributed by atoms with Crippen molar-refractivity contribution in [2.75, 3.05) is 0 Å². The van der Waals surface area contributed by atoms with Crippen molar-refractivity contribution in [3.63, 3.8) is 0 Å². The Morgan fingerprint density at radius 3 is 2.69 bits per heavy atom. The lowest BCUT2D eigenvalue weighted by Gasteiger charge is -2.01. The summed E-state index contributed by atoms with van der Waals surface area (Å²) >= 11 is 12.0. The zero-order valence-electron chi connectivity index (χ0n) is 7.17. The molecule has 0 amide bonds. The molecule has 2 heterocycles. The highest BCUT2D eigenvalue weighted by atomic mass is 35.5. The molecule has 0 radical (unpaired) electrons. The minimum Gasteiger partial charge on any atom is -0.212 e. The third kappa shape index (κ3) is 1.28. The quantitative estimate of drug-likeness (QED) is 0.633. The monoisotopic (exact) mass is 215 g/mol. The molecule has 0 aliphatic heterocycles. The third-order valence-corrected chi connectivity index (χ3v) is 2.68. The van der Waals surface area contributed by atoms with Crippen LogP contribution in [-0.2, 0) is 0 Å². The molecule has 13 heavy (non-hydrogen) atoms. The maximum atomic E-state index is 6.02. The van der Waals surface area contributed by atoms with Gasteiger partial charge < -0.3 is 0 Å². The zero-order valence-corrected chi connectivity index (χ0v) is 8.69. The Morgan fingerprint density at radius 1 is 1.31 bits per heavy atom. The van der Waals surface area contributed by atoms with E-state index in [1.54, 1.807) is 10.6 Å². The molecule has 2 aromatic heterocycles. The number of pyridine rings is 1. The van der Waals surface area contributed by atoms with Crippen molar-refractivity contribution in [2.45, 2.75) is 13.8 Å². The highest BCUT2D eigenvalue weighted by Crippen LogP contribution is 2.24. The minimum atomic E-state index is 0.517. The van der Waals surface area contributed by atoms with Crippen LogP contribution in [0.4, 0.5) is 0 Å². The summed E-state index contributed by atoms with van der Waals surface area (Å²) in [4.78, 5) is 4.16. The van der Waals surface area contributed by atoms with Crippen LogP contribution in [0, 0.1) is 13.8 Å². The summed E-state index contributed by atoms with van der Waals surface area (Å²) in [5.74, 6) is 0.684. The van der Waals surface area contributed by atoms with Gasteiger partial charge in [0.15, 0.2) is 5.65 Å². The molecule has 0 spiro atoms. The van der Waals surface area contributed by atoms with Crippen LogP contribution in [0.15, 0.2) is 6.07 Å². The smallest absolute Gasteiger partial charge is 0.158 e. The molecule has 0 aliphatic rings. The summed E-state index contributed by atoms with van der Waals surface area (Å²) in [5.41, 5.74) is 1.50. The van der Waals surface area contributed by atoms with Crippen LogP contribution < -0.4 is 0 Å². The second-order valence-corrected chi connectivity index (χ2v) is 3.60. The summed E-state index contributed by atoms with van der Waals surface area (Å²) in [6.07, 6.45) is 0. The van der Waals surface area contributed by atoms with Crippen molar-refractivity contribution in [3.05, 3.63) is 27.6 Å². The highest BCUT2D eigenvalue weighted by Gasteiger charge is 2.09. The first-order valence-corrected chi connectivity index (χ1v) is 4.53. The number of aromatic nitrogens is 3. The number of fused-ring (bicyclic) bond motifs is 1. The summed E-state index contributed by atoms with van der Waals surface area (Å²) < 4.78 is 1.58. The predicted molar refractivity (Wildman–Crippen MR) is 52.5 cm³/mol. The van der Waals surface area contributed by atoms with Gasteiger partial charge in [0, 0.05) is 11.6 Å². The molecule has 0 unspecified atom stereocenters. The Kier molecular flexibility index (Phi) is 1.93. The molecule has 0 aromatic carbocycles. The maximum absolute atomic E-state index is 6.02. The standard InChI is InChI=1S/C8H7Cl2N3/c1-4-6(9)3-7-11-5(2)12-13(7)8(4)10/h3H,1-2H3. The van der Waals surface area contributed by atoms with E-state index in [1.165, 1.54) is 0 Å². The molecule has 3 nitrogen and oxygen atoms in total. The Hall–Kier alpha value is -0.800. The van der Waals surface area contributed by atoms with Gasteiger partial charge in [-0.2, -0.15) is 5.10 Å². The molecule has 0 atom stereocenters. The van der Waals surface area contributed by atoms with Crippen molar-refractivity contribution in [2.24, 2.45) is 0 Å². The van der Waals surface area contributed by atoms with Crippen LogP contribution in [-0.4, -0.2) is 14.6 Å². The zero-order chi connectivity index (χ0) is 9.59. The van der Waals surface area contributed by atoms with Gasteiger partial charge in [-0.05, 0) is 13.8 Å². The summed E-state index contributed by atoms with van der Waals surface area (Å²) in [6.45, 7) is 3.66. The fraction of sp³-hybridized carbons (Fsp3) is 0.250. The molecule has 0 saturated heterocycles. The predicted octanol–water partition coefficient (Wildman–Crippen LogP) is 2.65. The van der Waals surface area contributed by atoms with Gasteiger partial charge in [0.1, 0.15) is 11.0 Å². The van der Waals surface area contributed by atoms with E-state index in [9.17, 15) is 0 Å². The van der Waals surface area contributed by atoms with E-state index < -0.39 is 0 Å². The van der Waals surface area contributed by atoms with Crippen LogP contribution in [0.5, 0.6) is 0 Å². The average Bonchev–Trinajstić information content (AvgIpc) is 2.42. The van der Waals surface area contributed by atoms with Gasteiger partial charge >= 0.3 is 0 Å². The summed E-state index contributed by atoms with van der Waals surface area (Å²) in [5, 5.41) is 5.26. The molecule has 0 saturated carbocycles. The van der Waals surface area contributed by atoms with E-state index in [0.717, 1.165) is 5.56 Å². The first kappa shape index (κ1) is 8.78. The molecule has 0 bridgehead atoms. The lowest BCUT2D eigenvalue weighted by Crippen LogP contribution is -1.93. The van der Waals surface area contributed by atoms with E-state index in [1.807, 2.05) is 13.8 Å². The third-order valence-electron chi connectivity index (χ3n) is 1.85. The normalized spacial score (nSPS) is 11.1. The van der Waals surface area contributed by atoms with Crippen LogP contribution in [0.25, 0.3) is 5.65 Å². The number of hydrogen-bond donors (Lipinski definition) is 0. The van der Waals surface area contributed by atoms with Crippen molar-refractivity contribution < 1.29 is 0 Å². The second-order valence-electron chi connectivity index (χ2n) is 2.84. The molecule has 0 aliphatic carbocycles. The molecule has 2 aromatic rings. The molecule has 5 heteroatoms. The van der Waals surface area contributed by atoms with Gasteiger partial charge in [0.25, 0.3) is 0 Å². The van der Waals surface area contributed by atoms with Crippen LogP contribution >= 0.6 is 23.2 Å². The molecule has 0 N–H and O–H groups in total. The van der Waals surface area contributed by atoms with Gasteiger partial charge in [-0.1, -0.05) is 23.2 Å². The first-order chi connectivity index (χ1) is 6.09. The number of halogens is 2. The second kappa shape index (κ2) is 2.86. The van der Waals surface area contributed by atoms with E-state index in [4.69, 9.17) is 23.2 Å². The summed E-state index contributed by atoms with van der Waals surface area (Å²) in [7, 11) is 0. The Balaban J connectivity index is 2.92. The minimum absolute atomic E-state index is 0.517. The number of aryl methyl sites for hydroxylation is 1. The van der Waals surface area contributed by atoms with Gasteiger partial charge in [-0.15, -0.1) is 0 Å². The Labute approximate surface area is 85.3 Å². The van der Waals surface area contributed by atoms with E-state index in [0.29, 0.717) is 21.6 Å². The number of rotatable bonds is 0. The van der Waals surface area contributed by atoms with Crippen molar-refractivity contribution in [1.82, 2.24) is 14.6 Å². The highest BCUT2D eigenvalue weighted by molar-refractivity contribution is 6.35. The molecule has 0 fully saturated rings.